The van der Waals surface area contributed by atoms with Gasteiger partial charge in [0.1, 0.15) is 5.82 Å². The first kappa shape index (κ1) is 16.1. The molecule has 4 heteroatoms. The molecule has 3 N–H and O–H groups in total. The van der Waals surface area contributed by atoms with Crippen molar-refractivity contribution in [2.45, 2.75) is 32.2 Å². The Balaban J connectivity index is 2.60. The summed E-state index contributed by atoms with van der Waals surface area (Å²) in [6.07, 6.45) is 0. The molecule has 0 spiro atoms. The highest BCUT2D eigenvalue weighted by Crippen LogP contribution is 2.34. The van der Waals surface area contributed by atoms with E-state index >= 15 is 0 Å². The van der Waals surface area contributed by atoms with Gasteiger partial charge in [-0.1, -0.05) is 57.2 Å². The van der Waals surface area contributed by atoms with E-state index in [1.807, 2.05) is 24.3 Å². The second kappa shape index (κ2) is 6.26. The summed E-state index contributed by atoms with van der Waals surface area (Å²) >= 11 is 3.23. The lowest BCUT2D eigenvalue weighted by atomic mass is 9.80. The van der Waals surface area contributed by atoms with Crippen molar-refractivity contribution in [1.29, 1.82) is 0 Å². The molecule has 21 heavy (non-hydrogen) atoms. The van der Waals surface area contributed by atoms with Crippen LogP contribution in [0.5, 0.6) is 0 Å². The highest BCUT2D eigenvalue weighted by Gasteiger charge is 2.25. The lowest BCUT2D eigenvalue weighted by molar-refractivity contribution is 0.533. The molecule has 0 heterocycles. The predicted molar refractivity (Wildman–Crippen MR) is 88.4 cm³/mol. The maximum atomic E-state index is 14.4. The third kappa shape index (κ3) is 3.34. The fourth-order valence-corrected chi connectivity index (χ4v) is 2.90. The van der Waals surface area contributed by atoms with Crippen molar-refractivity contribution in [3.05, 3.63) is 69.4 Å². The minimum atomic E-state index is -0.391. The Labute approximate surface area is 133 Å². The first-order valence-corrected chi connectivity index (χ1v) is 7.65. The van der Waals surface area contributed by atoms with E-state index in [4.69, 9.17) is 5.84 Å². The number of hydrogen-bond donors (Lipinski definition) is 2. The van der Waals surface area contributed by atoms with Crippen LogP contribution in [0.2, 0.25) is 0 Å². The van der Waals surface area contributed by atoms with Crippen molar-refractivity contribution in [2.24, 2.45) is 5.84 Å². The normalized spacial score (nSPS) is 13.2. The number of nitrogens with two attached hydrogens (primary N) is 1. The molecule has 2 rings (SSSR count). The van der Waals surface area contributed by atoms with Gasteiger partial charge in [-0.3, -0.25) is 5.84 Å². The number of hydrogen-bond acceptors (Lipinski definition) is 2. The maximum absolute atomic E-state index is 14.4. The average Bonchev–Trinajstić information content (AvgIpc) is 2.44. The standard InChI is InChI=1S/C17H20BrFN2/c1-17(2,3)13-9-5-4-7-11(13)16(21-20)12-8-6-10-14(18)15(12)19/h4-10,16,21H,20H2,1-3H3. The van der Waals surface area contributed by atoms with Crippen LogP contribution in [-0.2, 0) is 5.41 Å². The third-order valence-electron chi connectivity index (χ3n) is 3.54. The van der Waals surface area contributed by atoms with Gasteiger partial charge in [-0.15, -0.1) is 0 Å². The SMILES string of the molecule is CC(C)(C)c1ccccc1C(NN)c1cccc(Br)c1F. The van der Waals surface area contributed by atoms with Crippen LogP contribution in [0.25, 0.3) is 0 Å². The van der Waals surface area contributed by atoms with E-state index in [-0.39, 0.29) is 11.2 Å². The largest absolute Gasteiger partial charge is 0.271 e. The molecular formula is C17H20BrFN2. The molecule has 0 aromatic heterocycles. The molecule has 112 valence electrons. The molecule has 0 bridgehead atoms. The van der Waals surface area contributed by atoms with E-state index in [1.165, 1.54) is 0 Å². The highest BCUT2D eigenvalue weighted by atomic mass is 79.9. The fourth-order valence-electron chi connectivity index (χ4n) is 2.52. The molecule has 1 unspecified atom stereocenters. The minimum absolute atomic E-state index is 0.0474. The van der Waals surface area contributed by atoms with Gasteiger partial charge in [-0.2, -0.15) is 0 Å². The molecule has 0 aliphatic carbocycles. The van der Waals surface area contributed by atoms with E-state index in [0.29, 0.717) is 10.0 Å². The lowest BCUT2D eigenvalue weighted by Crippen LogP contribution is -2.31. The average molecular weight is 351 g/mol. The second-order valence-corrected chi connectivity index (χ2v) is 6.93. The summed E-state index contributed by atoms with van der Waals surface area (Å²) in [6, 6.07) is 12.9. The zero-order valence-corrected chi connectivity index (χ0v) is 14.0. The van der Waals surface area contributed by atoms with Crippen molar-refractivity contribution < 1.29 is 4.39 Å². The Morgan fingerprint density at radius 2 is 1.67 bits per heavy atom. The van der Waals surface area contributed by atoms with E-state index in [1.54, 1.807) is 12.1 Å². The maximum Gasteiger partial charge on any atom is 0.142 e. The van der Waals surface area contributed by atoms with E-state index in [2.05, 4.69) is 48.2 Å². The van der Waals surface area contributed by atoms with Crippen LogP contribution < -0.4 is 11.3 Å². The molecule has 2 aromatic rings. The van der Waals surface area contributed by atoms with Gasteiger partial charge in [-0.25, -0.2) is 9.82 Å². The van der Waals surface area contributed by atoms with Crippen molar-refractivity contribution in [3.63, 3.8) is 0 Å². The monoisotopic (exact) mass is 350 g/mol. The summed E-state index contributed by atoms with van der Waals surface area (Å²) in [6.45, 7) is 6.41. The van der Waals surface area contributed by atoms with E-state index in [9.17, 15) is 4.39 Å². The van der Waals surface area contributed by atoms with Gasteiger partial charge < -0.3 is 0 Å². The number of halogens is 2. The number of benzene rings is 2. The molecule has 1 atom stereocenters. The summed E-state index contributed by atoms with van der Waals surface area (Å²) in [5.74, 6) is 5.45. The Morgan fingerprint density at radius 3 is 2.29 bits per heavy atom. The number of rotatable bonds is 3. The van der Waals surface area contributed by atoms with Crippen molar-refractivity contribution in [1.82, 2.24) is 5.43 Å². The zero-order chi connectivity index (χ0) is 15.6. The zero-order valence-electron chi connectivity index (χ0n) is 12.5. The molecule has 0 fully saturated rings. The molecule has 0 amide bonds. The van der Waals surface area contributed by atoms with E-state index in [0.717, 1.165) is 11.1 Å². The summed E-state index contributed by atoms with van der Waals surface area (Å²) in [4.78, 5) is 0. The molecule has 0 aliphatic heterocycles. The predicted octanol–water partition coefficient (Wildman–Crippen LogP) is 4.44. The quantitative estimate of drug-likeness (QED) is 0.634. The van der Waals surface area contributed by atoms with Crippen molar-refractivity contribution in [3.8, 4) is 0 Å². The summed E-state index contributed by atoms with van der Waals surface area (Å²) < 4.78 is 14.8. The van der Waals surface area contributed by atoms with Crippen molar-refractivity contribution in [2.75, 3.05) is 0 Å². The van der Waals surface area contributed by atoms with Gasteiger partial charge in [0.25, 0.3) is 0 Å². The van der Waals surface area contributed by atoms with Crippen LogP contribution in [0.3, 0.4) is 0 Å². The Morgan fingerprint density at radius 1 is 1.05 bits per heavy atom. The van der Waals surface area contributed by atoms with Gasteiger partial charge in [0.15, 0.2) is 0 Å². The molecule has 0 radical (unpaired) electrons. The summed E-state index contributed by atoms with van der Waals surface area (Å²) in [5.41, 5.74) is 5.37. The Hall–Kier alpha value is -1.23. The van der Waals surface area contributed by atoms with Gasteiger partial charge in [-0.05, 0) is 38.5 Å². The molecule has 2 nitrogen and oxygen atoms in total. The summed E-state index contributed by atoms with van der Waals surface area (Å²) in [5, 5.41) is 0. The van der Waals surface area contributed by atoms with Gasteiger partial charge >= 0.3 is 0 Å². The van der Waals surface area contributed by atoms with Crippen LogP contribution in [0.1, 0.15) is 43.5 Å². The van der Waals surface area contributed by atoms with Gasteiger partial charge in [0.05, 0.1) is 10.5 Å². The third-order valence-corrected chi connectivity index (χ3v) is 4.15. The van der Waals surface area contributed by atoms with E-state index < -0.39 is 6.04 Å². The number of nitrogens with one attached hydrogen (secondary N) is 1. The minimum Gasteiger partial charge on any atom is -0.271 e. The topological polar surface area (TPSA) is 38.0 Å². The molecule has 0 saturated heterocycles. The fraction of sp³-hybridized carbons (Fsp3) is 0.294. The highest BCUT2D eigenvalue weighted by molar-refractivity contribution is 9.10. The second-order valence-electron chi connectivity index (χ2n) is 6.08. The molecule has 2 aromatic carbocycles. The van der Waals surface area contributed by atoms with Gasteiger partial charge in [0.2, 0.25) is 0 Å². The van der Waals surface area contributed by atoms with Gasteiger partial charge in [0, 0.05) is 5.56 Å². The van der Waals surface area contributed by atoms with Crippen LogP contribution in [0.15, 0.2) is 46.9 Å². The summed E-state index contributed by atoms with van der Waals surface area (Å²) in [7, 11) is 0. The first-order chi connectivity index (χ1) is 9.86. The molecule has 0 saturated carbocycles. The lowest BCUT2D eigenvalue weighted by Gasteiger charge is -2.27. The Bertz CT molecular complexity index is 635. The number of hydrazine groups is 1. The first-order valence-electron chi connectivity index (χ1n) is 6.85. The van der Waals surface area contributed by atoms with Crippen LogP contribution in [0.4, 0.5) is 4.39 Å². The van der Waals surface area contributed by atoms with Crippen LogP contribution in [0, 0.1) is 5.82 Å². The molecular weight excluding hydrogens is 331 g/mol. The van der Waals surface area contributed by atoms with Crippen LogP contribution in [-0.4, -0.2) is 0 Å². The smallest absolute Gasteiger partial charge is 0.142 e. The Kier molecular flexibility index (Phi) is 4.81. The van der Waals surface area contributed by atoms with Crippen LogP contribution >= 0.6 is 15.9 Å². The molecule has 0 aliphatic rings. The van der Waals surface area contributed by atoms with Crippen molar-refractivity contribution >= 4 is 15.9 Å².